The van der Waals surface area contributed by atoms with Crippen LogP contribution in [0.5, 0.6) is 0 Å². The molecule has 0 aliphatic rings. The molecular formula is C14H12Br2O2S. The van der Waals surface area contributed by atoms with Crippen LogP contribution in [0.3, 0.4) is 0 Å². The first kappa shape index (κ1) is 14.8. The molecule has 0 saturated carbocycles. The molecule has 0 aromatic heterocycles. The van der Waals surface area contributed by atoms with E-state index >= 15 is 0 Å². The zero-order valence-corrected chi connectivity index (χ0v) is 14.2. The highest BCUT2D eigenvalue weighted by Crippen LogP contribution is 2.31. The third-order valence-electron chi connectivity index (χ3n) is 2.76. The van der Waals surface area contributed by atoms with Gasteiger partial charge in [0, 0.05) is 10.7 Å². The van der Waals surface area contributed by atoms with Gasteiger partial charge in [0.05, 0.1) is 9.72 Å². The molecule has 0 saturated heterocycles. The van der Waals surface area contributed by atoms with Crippen LogP contribution in [-0.2, 0) is 9.84 Å². The van der Waals surface area contributed by atoms with Crippen LogP contribution in [0.25, 0.3) is 0 Å². The molecule has 2 nitrogen and oxygen atoms in total. The summed E-state index contributed by atoms with van der Waals surface area (Å²) in [5.74, 6) is 0. The fraction of sp³-hybridized carbons (Fsp3) is 0.143. The Labute approximate surface area is 130 Å². The lowest BCUT2D eigenvalue weighted by molar-refractivity contribution is 0.602. The maximum atomic E-state index is 11.4. The molecular weight excluding hydrogens is 392 g/mol. The van der Waals surface area contributed by atoms with E-state index in [-0.39, 0.29) is 4.83 Å². The van der Waals surface area contributed by atoms with Crippen molar-refractivity contribution in [2.45, 2.75) is 9.72 Å². The van der Waals surface area contributed by atoms with Gasteiger partial charge in [-0.1, -0.05) is 56.1 Å². The van der Waals surface area contributed by atoms with Gasteiger partial charge in [0.1, 0.15) is 0 Å². The van der Waals surface area contributed by atoms with E-state index < -0.39 is 9.84 Å². The summed E-state index contributed by atoms with van der Waals surface area (Å²) < 4.78 is 23.8. The van der Waals surface area contributed by atoms with E-state index in [9.17, 15) is 8.42 Å². The minimum atomic E-state index is -3.14. The Morgan fingerprint density at radius 1 is 0.895 bits per heavy atom. The molecule has 19 heavy (non-hydrogen) atoms. The number of rotatable bonds is 3. The highest BCUT2D eigenvalue weighted by molar-refractivity contribution is 9.10. The molecule has 5 heteroatoms. The fourth-order valence-electron chi connectivity index (χ4n) is 1.71. The monoisotopic (exact) mass is 402 g/mol. The summed E-state index contributed by atoms with van der Waals surface area (Å²) in [4.78, 5) is 0.390. The first-order chi connectivity index (χ1) is 8.88. The second-order valence-electron chi connectivity index (χ2n) is 4.26. The van der Waals surface area contributed by atoms with Crippen LogP contribution in [0.15, 0.2) is 57.9 Å². The SMILES string of the molecule is CS(=O)(=O)c1ccc(C(Br)c2ccc(Br)cc2)cc1. The summed E-state index contributed by atoms with van der Waals surface area (Å²) in [5, 5.41) is 0. The van der Waals surface area contributed by atoms with Crippen LogP contribution < -0.4 is 0 Å². The summed E-state index contributed by atoms with van der Waals surface area (Å²) in [6.45, 7) is 0. The maximum absolute atomic E-state index is 11.4. The van der Waals surface area contributed by atoms with Gasteiger partial charge in [0.2, 0.25) is 0 Å². The molecule has 0 aliphatic carbocycles. The number of benzene rings is 2. The lowest BCUT2D eigenvalue weighted by atomic mass is 10.1. The highest BCUT2D eigenvalue weighted by Gasteiger charge is 2.12. The Kier molecular flexibility index (Phi) is 4.48. The Balaban J connectivity index is 2.30. The van der Waals surface area contributed by atoms with Gasteiger partial charge < -0.3 is 0 Å². The quantitative estimate of drug-likeness (QED) is 0.714. The molecule has 2 aromatic carbocycles. The van der Waals surface area contributed by atoms with Crippen LogP contribution in [-0.4, -0.2) is 14.7 Å². The average Bonchev–Trinajstić information content (AvgIpc) is 2.38. The van der Waals surface area contributed by atoms with E-state index in [1.165, 1.54) is 6.26 Å². The van der Waals surface area contributed by atoms with Crippen molar-refractivity contribution in [3.63, 3.8) is 0 Å². The van der Waals surface area contributed by atoms with Gasteiger partial charge in [0.15, 0.2) is 9.84 Å². The number of sulfone groups is 1. The lowest BCUT2D eigenvalue weighted by Crippen LogP contribution is -1.98. The second-order valence-corrected chi connectivity index (χ2v) is 8.10. The van der Waals surface area contributed by atoms with Crippen molar-refractivity contribution >= 4 is 41.7 Å². The predicted octanol–water partition coefficient (Wildman–Crippen LogP) is 4.34. The molecule has 0 aliphatic heterocycles. The first-order valence-electron chi connectivity index (χ1n) is 5.57. The van der Waals surface area contributed by atoms with Gasteiger partial charge in [-0.15, -0.1) is 0 Å². The maximum Gasteiger partial charge on any atom is 0.175 e. The van der Waals surface area contributed by atoms with E-state index in [1.807, 2.05) is 36.4 Å². The molecule has 1 atom stereocenters. The second kappa shape index (κ2) is 5.77. The molecule has 1 unspecified atom stereocenters. The average molecular weight is 404 g/mol. The Bertz CT molecular complexity index is 662. The van der Waals surface area contributed by atoms with Crippen molar-refractivity contribution in [3.05, 3.63) is 64.1 Å². The minimum absolute atomic E-state index is 0.0502. The van der Waals surface area contributed by atoms with E-state index in [2.05, 4.69) is 31.9 Å². The molecule has 2 aromatic rings. The minimum Gasteiger partial charge on any atom is -0.224 e. The Hall–Kier alpha value is -0.650. The summed E-state index contributed by atoms with van der Waals surface area (Å²) in [6, 6.07) is 14.9. The molecule has 0 fully saturated rings. The molecule has 100 valence electrons. The van der Waals surface area contributed by atoms with Gasteiger partial charge in [-0.3, -0.25) is 0 Å². The van der Waals surface area contributed by atoms with E-state index in [0.29, 0.717) is 4.90 Å². The third kappa shape index (κ3) is 3.68. The summed E-state index contributed by atoms with van der Waals surface area (Å²) >= 11 is 7.03. The molecule has 0 N–H and O–H groups in total. The van der Waals surface area contributed by atoms with Gasteiger partial charge in [0.25, 0.3) is 0 Å². The highest BCUT2D eigenvalue weighted by atomic mass is 79.9. The van der Waals surface area contributed by atoms with Crippen molar-refractivity contribution in [2.75, 3.05) is 6.26 Å². The molecule has 0 radical (unpaired) electrons. The Morgan fingerprint density at radius 3 is 1.74 bits per heavy atom. The summed E-state index contributed by atoms with van der Waals surface area (Å²) in [5.41, 5.74) is 2.14. The van der Waals surface area contributed by atoms with Crippen molar-refractivity contribution in [1.82, 2.24) is 0 Å². The van der Waals surface area contributed by atoms with E-state index in [1.54, 1.807) is 12.1 Å². The van der Waals surface area contributed by atoms with Gasteiger partial charge in [-0.25, -0.2) is 8.42 Å². The number of halogens is 2. The van der Waals surface area contributed by atoms with Gasteiger partial charge >= 0.3 is 0 Å². The van der Waals surface area contributed by atoms with Crippen molar-refractivity contribution < 1.29 is 8.42 Å². The summed E-state index contributed by atoms with van der Waals surface area (Å²) in [6.07, 6.45) is 1.21. The van der Waals surface area contributed by atoms with Crippen molar-refractivity contribution in [1.29, 1.82) is 0 Å². The number of hydrogen-bond acceptors (Lipinski definition) is 2. The Morgan fingerprint density at radius 2 is 1.32 bits per heavy atom. The summed E-state index contributed by atoms with van der Waals surface area (Å²) in [7, 11) is -3.14. The predicted molar refractivity (Wildman–Crippen MR) is 84.5 cm³/mol. The van der Waals surface area contributed by atoms with E-state index in [0.717, 1.165) is 15.6 Å². The zero-order valence-electron chi connectivity index (χ0n) is 10.2. The molecule has 0 amide bonds. The lowest BCUT2D eigenvalue weighted by Gasteiger charge is -2.11. The molecule has 2 rings (SSSR count). The standard InChI is InChI=1S/C14H12Br2O2S/c1-19(17,18)13-8-4-11(5-9-13)14(16)10-2-6-12(15)7-3-10/h2-9,14H,1H3. The van der Waals surface area contributed by atoms with Gasteiger partial charge in [-0.2, -0.15) is 0 Å². The largest absolute Gasteiger partial charge is 0.224 e. The van der Waals surface area contributed by atoms with Crippen LogP contribution in [0, 0.1) is 0 Å². The normalized spacial score (nSPS) is 13.2. The van der Waals surface area contributed by atoms with Gasteiger partial charge in [-0.05, 0) is 35.4 Å². The molecule has 0 spiro atoms. The molecule has 0 heterocycles. The van der Waals surface area contributed by atoms with Crippen LogP contribution in [0.4, 0.5) is 0 Å². The number of hydrogen-bond donors (Lipinski definition) is 0. The zero-order chi connectivity index (χ0) is 14.0. The van der Waals surface area contributed by atoms with E-state index in [4.69, 9.17) is 0 Å². The topological polar surface area (TPSA) is 34.1 Å². The van der Waals surface area contributed by atoms with Crippen LogP contribution >= 0.6 is 31.9 Å². The number of alkyl halides is 1. The fourth-order valence-corrected chi connectivity index (χ4v) is 3.21. The smallest absolute Gasteiger partial charge is 0.175 e. The molecule has 0 bridgehead atoms. The first-order valence-corrected chi connectivity index (χ1v) is 9.17. The van der Waals surface area contributed by atoms with Crippen molar-refractivity contribution in [2.24, 2.45) is 0 Å². The third-order valence-corrected chi connectivity index (χ3v) is 5.48. The van der Waals surface area contributed by atoms with Crippen LogP contribution in [0.1, 0.15) is 16.0 Å². The van der Waals surface area contributed by atoms with Crippen LogP contribution in [0.2, 0.25) is 0 Å². The van der Waals surface area contributed by atoms with Crippen molar-refractivity contribution in [3.8, 4) is 0 Å².